The van der Waals surface area contributed by atoms with Gasteiger partial charge in [-0.25, -0.2) is 0 Å². The highest BCUT2D eigenvalue weighted by molar-refractivity contribution is 5.77. The van der Waals surface area contributed by atoms with E-state index in [-0.39, 0.29) is 5.91 Å². The first-order chi connectivity index (χ1) is 12.5. The Morgan fingerprint density at radius 2 is 2.19 bits per heavy atom. The third-order valence-electron chi connectivity index (χ3n) is 5.65. The van der Waals surface area contributed by atoms with E-state index in [1.54, 1.807) is 0 Å². The number of likely N-dealkylation sites (tertiary alicyclic amines) is 1. The van der Waals surface area contributed by atoms with Gasteiger partial charge in [0.25, 0.3) is 0 Å². The molecule has 1 aliphatic rings. The third-order valence-corrected chi connectivity index (χ3v) is 5.65. The van der Waals surface area contributed by atoms with Gasteiger partial charge in [0.15, 0.2) is 0 Å². The summed E-state index contributed by atoms with van der Waals surface area (Å²) in [5.74, 6) is 0.485. The molecule has 6 heteroatoms. The second-order valence-corrected chi connectivity index (χ2v) is 7.29. The Balaban J connectivity index is 1.49. The van der Waals surface area contributed by atoms with Gasteiger partial charge < -0.3 is 9.88 Å². The zero-order valence-corrected chi connectivity index (χ0v) is 15.6. The molecule has 1 unspecified atom stereocenters. The van der Waals surface area contributed by atoms with Crippen LogP contribution >= 0.6 is 0 Å². The molecular weight excluding hydrogens is 326 g/mol. The molecular formula is C20H25N5O. The van der Waals surface area contributed by atoms with Crippen LogP contribution in [-0.4, -0.2) is 43.6 Å². The highest BCUT2D eigenvalue weighted by Gasteiger charge is 2.26. The highest BCUT2D eigenvalue weighted by atomic mass is 16.2. The number of carbonyl (C=O) groups is 1. The number of rotatable bonds is 3. The maximum absolute atomic E-state index is 12.8. The molecule has 0 bridgehead atoms. The normalized spacial score (nSPS) is 17.8. The number of nitrogens with zero attached hydrogens (tertiary/aromatic N) is 4. The van der Waals surface area contributed by atoms with Crippen molar-refractivity contribution < 1.29 is 4.79 Å². The van der Waals surface area contributed by atoms with Crippen LogP contribution in [0.15, 0.2) is 24.4 Å². The summed E-state index contributed by atoms with van der Waals surface area (Å²) in [6.07, 6.45) is 3.93. The van der Waals surface area contributed by atoms with E-state index in [4.69, 9.17) is 0 Å². The van der Waals surface area contributed by atoms with Gasteiger partial charge in [-0.3, -0.25) is 14.5 Å². The lowest BCUT2D eigenvalue weighted by Gasteiger charge is -2.32. The number of piperidine rings is 1. The van der Waals surface area contributed by atoms with Gasteiger partial charge in [0.2, 0.25) is 5.91 Å². The van der Waals surface area contributed by atoms with E-state index in [9.17, 15) is 4.79 Å². The van der Waals surface area contributed by atoms with Crippen molar-refractivity contribution in [1.29, 1.82) is 0 Å². The Morgan fingerprint density at radius 3 is 2.92 bits per heavy atom. The van der Waals surface area contributed by atoms with Gasteiger partial charge in [0.05, 0.1) is 16.7 Å². The molecule has 1 N–H and O–H groups in total. The molecule has 136 valence electrons. The van der Waals surface area contributed by atoms with Crippen LogP contribution in [0, 0.1) is 20.8 Å². The van der Waals surface area contributed by atoms with Gasteiger partial charge >= 0.3 is 0 Å². The van der Waals surface area contributed by atoms with E-state index < -0.39 is 0 Å². The first-order valence-electron chi connectivity index (χ1n) is 9.25. The Labute approximate surface area is 153 Å². The number of aromatic amines is 1. The summed E-state index contributed by atoms with van der Waals surface area (Å²) in [5.41, 5.74) is 6.47. The molecule has 0 aromatic carbocycles. The molecule has 0 saturated carbocycles. The summed E-state index contributed by atoms with van der Waals surface area (Å²) in [6.45, 7) is 7.97. The Morgan fingerprint density at radius 1 is 1.35 bits per heavy atom. The molecule has 0 aliphatic carbocycles. The fourth-order valence-corrected chi connectivity index (χ4v) is 3.82. The Hall–Kier alpha value is -2.63. The van der Waals surface area contributed by atoms with Crippen molar-refractivity contribution in [2.24, 2.45) is 0 Å². The van der Waals surface area contributed by atoms with Gasteiger partial charge in [0.1, 0.15) is 6.54 Å². The zero-order valence-electron chi connectivity index (χ0n) is 15.6. The number of carbonyl (C=O) groups excluding carboxylic acids is 1. The molecule has 0 spiro atoms. The summed E-state index contributed by atoms with van der Waals surface area (Å²) in [5, 5.41) is 4.51. The molecule has 4 rings (SSSR count). The Bertz CT molecular complexity index is 921. The molecule has 4 heterocycles. The summed E-state index contributed by atoms with van der Waals surface area (Å²) in [4.78, 5) is 22.7. The minimum atomic E-state index is 0.148. The van der Waals surface area contributed by atoms with E-state index in [2.05, 4.69) is 28.1 Å². The smallest absolute Gasteiger partial charge is 0.244 e. The minimum absolute atomic E-state index is 0.148. The van der Waals surface area contributed by atoms with E-state index >= 15 is 0 Å². The van der Waals surface area contributed by atoms with Crippen LogP contribution < -0.4 is 0 Å². The van der Waals surface area contributed by atoms with Crippen LogP contribution in [0.5, 0.6) is 0 Å². The van der Waals surface area contributed by atoms with Crippen LogP contribution in [0.2, 0.25) is 0 Å². The van der Waals surface area contributed by atoms with Crippen LogP contribution in [0.25, 0.3) is 11.0 Å². The van der Waals surface area contributed by atoms with Gasteiger partial charge in [-0.15, -0.1) is 0 Å². The van der Waals surface area contributed by atoms with Crippen molar-refractivity contribution in [2.75, 3.05) is 13.1 Å². The van der Waals surface area contributed by atoms with Crippen molar-refractivity contribution in [2.45, 2.75) is 46.1 Å². The number of H-pyrrole nitrogens is 1. The molecule has 6 nitrogen and oxygen atoms in total. The number of hydrogen-bond acceptors (Lipinski definition) is 3. The molecule has 1 amide bonds. The van der Waals surface area contributed by atoms with Crippen LogP contribution in [0.3, 0.4) is 0 Å². The van der Waals surface area contributed by atoms with Gasteiger partial charge in [0, 0.05) is 36.6 Å². The topological polar surface area (TPSA) is 66.8 Å². The van der Waals surface area contributed by atoms with Gasteiger partial charge in [-0.2, -0.15) is 5.10 Å². The predicted molar refractivity (Wildman–Crippen MR) is 101 cm³/mol. The quantitative estimate of drug-likeness (QED) is 0.788. The molecule has 0 radical (unpaired) electrons. The van der Waals surface area contributed by atoms with Gasteiger partial charge in [-0.05, 0) is 57.4 Å². The maximum atomic E-state index is 12.8. The summed E-state index contributed by atoms with van der Waals surface area (Å²) < 4.78 is 1.84. The SMILES string of the molecule is Cc1nn(CC(=O)N2CCCC(c3cc4ncccc4[nH]3)C2)c(C)c1C. The fourth-order valence-electron chi connectivity index (χ4n) is 3.82. The number of hydrogen-bond donors (Lipinski definition) is 1. The highest BCUT2D eigenvalue weighted by Crippen LogP contribution is 2.28. The zero-order chi connectivity index (χ0) is 18.3. The second kappa shape index (κ2) is 6.59. The fraction of sp³-hybridized carbons (Fsp3) is 0.450. The molecule has 1 atom stereocenters. The lowest BCUT2D eigenvalue weighted by atomic mass is 9.95. The minimum Gasteiger partial charge on any atom is -0.357 e. The van der Waals surface area contributed by atoms with Crippen molar-refractivity contribution >= 4 is 16.9 Å². The molecule has 3 aromatic rings. The number of pyridine rings is 1. The number of aromatic nitrogens is 4. The van der Waals surface area contributed by atoms with Crippen molar-refractivity contribution in [3.05, 3.63) is 47.0 Å². The van der Waals surface area contributed by atoms with E-state index in [1.165, 1.54) is 11.3 Å². The van der Waals surface area contributed by atoms with Crippen LogP contribution in [0.4, 0.5) is 0 Å². The molecule has 1 saturated heterocycles. The average molecular weight is 351 g/mol. The van der Waals surface area contributed by atoms with Gasteiger partial charge in [-0.1, -0.05) is 0 Å². The van der Waals surface area contributed by atoms with E-state index in [1.807, 2.05) is 41.8 Å². The predicted octanol–water partition coefficient (Wildman–Crippen LogP) is 3.09. The third kappa shape index (κ3) is 3.00. The van der Waals surface area contributed by atoms with Crippen molar-refractivity contribution in [1.82, 2.24) is 24.6 Å². The average Bonchev–Trinajstić information content (AvgIpc) is 3.19. The molecule has 1 aliphatic heterocycles. The van der Waals surface area contributed by atoms with Crippen molar-refractivity contribution in [3.63, 3.8) is 0 Å². The van der Waals surface area contributed by atoms with Crippen molar-refractivity contribution in [3.8, 4) is 0 Å². The van der Waals surface area contributed by atoms with Crippen LogP contribution in [-0.2, 0) is 11.3 Å². The van der Waals surface area contributed by atoms with E-state index in [0.29, 0.717) is 12.5 Å². The summed E-state index contributed by atoms with van der Waals surface area (Å²) in [7, 11) is 0. The lowest BCUT2D eigenvalue weighted by Crippen LogP contribution is -2.41. The summed E-state index contributed by atoms with van der Waals surface area (Å²) >= 11 is 0. The number of fused-ring (bicyclic) bond motifs is 1. The van der Waals surface area contributed by atoms with E-state index in [0.717, 1.165) is 48.4 Å². The first-order valence-corrected chi connectivity index (χ1v) is 9.25. The number of nitrogens with one attached hydrogen (secondary N) is 1. The number of amides is 1. The molecule has 26 heavy (non-hydrogen) atoms. The second-order valence-electron chi connectivity index (χ2n) is 7.29. The van der Waals surface area contributed by atoms with Crippen LogP contribution in [0.1, 0.15) is 41.4 Å². The molecule has 3 aromatic heterocycles. The summed E-state index contributed by atoms with van der Waals surface area (Å²) in [6, 6.07) is 6.11. The standard InChI is InChI=1S/C20H25N5O/c1-13-14(2)23-25(15(13)3)12-20(26)24-9-5-6-16(11-24)18-10-19-17(22-18)7-4-8-21-19/h4,7-8,10,16,22H,5-6,9,11-12H2,1-3H3. The lowest BCUT2D eigenvalue weighted by molar-refractivity contribution is -0.133. The Kier molecular flexibility index (Phi) is 4.26. The molecule has 1 fully saturated rings. The number of aryl methyl sites for hydroxylation is 1. The largest absolute Gasteiger partial charge is 0.357 e. The first kappa shape index (κ1) is 16.8. The maximum Gasteiger partial charge on any atom is 0.244 e. The monoisotopic (exact) mass is 351 g/mol.